The Balaban J connectivity index is 1.88. The minimum atomic E-state index is 0.865. The van der Waals surface area contributed by atoms with Crippen LogP contribution in [-0.2, 0) is 0 Å². The standard InChI is InChI=1S/C32H22O2/c1-33-19-11-13-25-21-7-3-5-9-23(21)27-15-16-28-24-10-6-4-8-22(24)26-14-12-20(34-2)18-30(26)32(28)31(27)29(25)17-19/h3-18H,1-2H3. The van der Waals surface area contributed by atoms with Crippen LogP contribution in [0.15, 0.2) is 97.1 Å². The monoisotopic (exact) mass is 438 g/mol. The fourth-order valence-electron chi connectivity index (χ4n) is 5.70. The predicted molar refractivity (Wildman–Crippen MR) is 145 cm³/mol. The van der Waals surface area contributed by atoms with Crippen molar-refractivity contribution >= 4 is 64.6 Å². The lowest BCUT2D eigenvalue weighted by molar-refractivity contribution is 0.415. The van der Waals surface area contributed by atoms with E-state index in [1.165, 1.54) is 64.6 Å². The fraction of sp³-hybridized carbons (Fsp3) is 0.0625. The summed E-state index contributed by atoms with van der Waals surface area (Å²) >= 11 is 0. The van der Waals surface area contributed by atoms with Crippen LogP contribution in [0.5, 0.6) is 11.5 Å². The molecule has 0 fully saturated rings. The van der Waals surface area contributed by atoms with Gasteiger partial charge >= 0.3 is 0 Å². The highest BCUT2D eigenvalue weighted by Crippen LogP contribution is 2.45. The van der Waals surface area contributed by atoms with Crippen molar-refractivity contribution in [2.45, 2.75) is 0 Å². The molecule has 0 spiro atoms. The highest BCUT2D eigenvalue weighted by Gasteiger charge is 2.16. The summed E-state index contributed by atoms with van der Waals surface area (Å²) in [6.45, 7) is 0. The van der Waals surface area contributed by atoms with Crippen LogP contribution in [0.3, 0.4) is 0 Å². The van der Waals surface area contributed by atoms with E-state index >= 15 is 0 Å². The topological polar surface area (TPSA) is 18.5 Å². The number of methoxy groups -OCH3 is 2. The zero-order chi connectivity index (χ0) is 22.8. The van der Waals surface area contributed by atoms with Crippen LogP contribution in [0, 0.1) is 0 Å². The van der Waals surface area contributed by atoms with Gasteiger partial charge in [-0.3, -0.25) is 0 Å². The minimum absolute atomic E-state index is 0.865. The van der Waals surface area contributed by atoms with Gasteiger partial charge in [-0.2, -0.15) is 0 Å². The quantitative estimate of drug-likeness (QED) is 0.252. The summed E-state index contributed by atoms with van der Waals surface area (Å²) in [5.41, 5.74) is 0. The van der Waals surface area contributed by atoms with Gasteiger partial charge in [-0.1, -0.05) is 72.8 Å². The van der Waals surface area contributed by atoms with E-state index in [0.717, 1.165) is 11.5 Å². The first-order chi connectivity index (χ1) is 16.8. The van der Waals surface area contributed by atoms with Gasteiger partial charge in [0.15, 0.2) is 0 Å². The summed E-state index contributed by atoms with van der Waals surface area (Å²) < 4.78 is 11.3. The molecule has 0 bridgehead atoms. The van der Waals surface area contributed by atoms with Gasteiger partial charge in [0.25, 0.3) is 0 Å². The van der Waals surface area contributed by atoms with Crippen molar-refractivity contribution in [3.05, 3.63) is 97.1 Å². The molecule has 2 heteroatoms. The second-order valence-electron chi connectivity index (χ2n) is 8.82. The van der Waals surface area contributed by atoms with Crippen LogP contribution in [0.25, 0.3) is 64.6 Å². The summed E-state index contributed by atoms with van der Waals surface area (Å²) in [6.07, 6.45) is 0. The third-order valence-corrected chi connectivity index (χ3v) is 7.21. The van der Waals surface area contributed by atoms with E-state index in [-0.39, 0.29) is 0 Å². The maximum Gasteiger partial charge on any atom is 0.119 e. The Labute approximate surface area is 196 Å². The third-order valence-electron chi connectivity index (χ3n) is 7.21. The highest BCUT2D eigenvalue weighted by molar-refractivity contribution is 6.39. The van der Waals surface area contributed by atoms with E-state index in [9.17, 15) is 0 Å². The fourth-order valence-corrected chi connectivity index (χ4v) is 5.70. The molecule has 0 radical (unpaired) electrons. The van der Waals surface area contributed by atoms with Crippen LogP contribution in [-0.4, -0.2) is 14.2 Å². The Morgan fingerprint density at radius 3 is 1.06 bits per heavy atom. The number of rotatable bonds is 2. The number of hydrogen-bond donors (Lipinski definition) is 0. The average molecular weight is 439 g/mol. The molecule has 162 valence electrons. The average Bonchev–Trinajstić information content (AvgIpc) is 2.92. The van der Waals surface area contributed by atoms with E-state index in [1.54, 1.807) is 14.2 Å². The number of fused-ring (bicyclic) bond motifs is 13. The Morgan fingerprint density at radius 2 is 0.676 bits per heavy atom. The van der Waals surface area contributed by atoms with Gasteiger partial charge in [-0.15, -0.1) is 0 Å². The van der Waals surface area contributed by atoms with Crippen LogP contribution in [0.2, 0.25) is 0 Å². The lowest BCUT2D eigenvalue weighted by Crippen LogP contribution is -1.90. The van der Waals surface area contributed by atoms with Crippen LogP contribution in [0.4, 0.5) is 0 Å². The van der Waals surface area contributed by atoms with Crippen molar-refractivity contribution < 1.29 is 9.47 Å². The Bertz CT molecular complexity index is 1790. The van der Waals surface area contributed by atoms with E-state index in [2.05, 4.69) is 97.1 Å². The van der Waals surface area contributed by atoms with Crippen molar-refractivity contribution in [2.75, 3.05) is 14.2 Å². The van der Waals surface area contributed by atoms with Crippen LogP contribution < -0.4 is 9.47 Å². The molecule has 0 aromatic heterocycles. The summed E-state index contributed by atoms with van der Waals surface area (Å²) in [4.78, 5) is 0. The van der Waals surface area contributed by atoms with Gasteiger partial charge < -0.3 is 9.47 Å². The molecule has 0 saturated heterocycles. The van der Waals surface area contributed by atoms with Crippen molar-refractivity contribution in [1.29, 1.82) is 0 Å². The Hall–Kier alpha value is -4.30. The number of ether oxygens (including phenoxy) is 2. The van der Waals surface area contributed by atoms with Gasteiger partial charge in [0.2, 0.25) is 0 Å². The molecule has 7 rings (SSSR count). The second-order valence-corrected chi connectivity index (χ2v) is 8.82. The van der Waals surface area contributed by atoms with Gasteiger partial charge in [0, 0.05) is 0 Å². The molecular formula is C32H22O2. The smallest absolute Gasteiger partial charge is 0.119 e. The molecule has 0 aliphatic carbocycles. The van der Waals surface area contributed by atoms with Crippen molar-refractivity contribution in [3.63, 3.8) is 0 Å². The van der Waals surface area contributed by atoms with Crippen LogP contribution >= 0.6 is 0 Å². The molecule has 0 heterocycles. The van der Waals surface area contributed by atoms with Gasteiger partial charge in [0.1, 0.15) is 11.5 Å². The lowest BCUT2D eigenvalue weighted by Gasteiger charge is -2.17. The van der Waals surface area contributed by atoms with E-state index in [4.69, 9.17) is 9.47 Å². The predicted octanol–water partition coefficient (Wildman–Crippen LogP) is 8.62. The van der Waals surface area contributed by atoms with Crippen molar-refractivity contribution in [2.24, 2.45) is 0 Å². The molecule has 0 atom stereocenters. The zero-order valence-electron chi connectivity index (χ0n) is 19.1. The Kier molecular flexibility index (Phi) is 4.01. The van der Waals surface area contributed by atoms with Gasteiger partial charge in [-0.25, -0.2) is 0 Å². The molecular weight excluding hydrogens is 416 g/mol. The summed E-state index contributed by atoms with van der Waals surface area (Å²) in [5, 5.41) is 15.0. The number of benzene rings is 7. The summed E-state index contributed by atoms with van der Waals surface area (Å²) in [6, 6.07) is 34.8. The second kappa shape index (κ2) is 7.10. The van der Waals surface area contributed by atoms with Gasteiger partial charge in [-0.05, 0) is 88.9 Å². The maximum atomic E-state index is 5.67. The summed E-state index contributed by atoms with van der Waals surface area (Å²) in [7, 11) is 3.46. The lowest BCUT2D eigenvalue weighted by atomic mass is 9.87. The molecule has 0 unspecified atom stereocenters. The maximum absolute atomic E-state index is 5.67. The zero-order valence-corrected chi connectivity index (χ0v) is 19.1. The first kappa shape index (κ1) is 19.2. The first-order valence-corrected chi connectivity index (χ1v) is 11.5. The molecule has 2 nitrogen and oxygen atoms in total. The van der Waals surface area contributed by atoms with Crippen molar-refractivity contribution in [3.8, 4) is 11.5 Å². The molecule has 0 N–H and O–H groups in total. The van der Waals surface area contributed by atoms with Crippen molar-refractivity contribution in [1.82, 2.24) is 0 Å². The van der Waals surface area contributed by atoms with Gasteiger partial charge in [0.05, 0.1) is 14.2 Å². The molecule has 0 saturated carbocycles. The van der Waals surface area contributed by atoms with Crippen LogP contribution in [0.1, 0.15) is 0 Å². The molecule has 0 aliphatic rings. The summed E-state index contributed by atoms with van der Waals surface area (Å²) in [5.74, 6) is 1.73. The van der Waals surface area contributed by atoms with E-state index < -0.39 is 0 Å². The van der Waals surface area contributed by atoms with E-state index in [1.807, 2.05) is 0 Å². The molecule has 7 aromatic carbocycles. The minimum Gasteiger partial charge on any atom is -0.497 e. The molecule has 0 amide bonds. The SMILES string of the molecule is COc1ccc2c3ccccc3c3ccc4c5ccccc5c5ccc(OC)cc5c4c3c2c1. The molecule has 0 aliphatic heterocycles. The third kappa shape index (κ3) is 2.51. The number of hydrogen-bond acceptors (Lipinski definition) is 2. The van der Waals surface area contributed by atoms with E-state index in [0.29, 0.717) is 0 Å². The molecule has 7 aromatic rings. The first-order valence-electron chi connectivity index (χ1n) is 11.5. The highest BCUT2D eigenvalue weighted by atomic mass is 16.5. The largest absolute Gasteiger partial charge is 0.497 e. The molecule has 34 heavy (non-hydrogen) atoms. The normalized spacial score (nSPS) is 11.8. The Morgan fingerprint density at radius 1 is 0.353 bits per heavy atom.